The molecule has 0 bridgehead atoms. The normalized spacial score (nSPS) is 11.6. The van der Waals surface area contributed by atoms with E-state index in [0.717, 1.165) is 15.1 Å². The maximum Gasteiger partial charge on any atom is 0.243 e. The first-order chi connectivity index (χ1) is 14.3. The third kappa shape index (κ3) is 4.95. The van der Waals surface area contributed by atoms with E-state index in [1.807, 2.05) is 24.3 Å². The van der Waals surface area contributed by atoms with Crippen LogP contribution in [-0.2, 0) is 14.8 Å². The Hall–Kier alpha value is -2.97. The molecule has 3 aromatic carbocycles. The lowest BCUT2D eigenvalue weighted by molar-refractivity contribution is -0.130. The van der Waals surface area contributed by atoms with Crippen molar-refractivity contribution in [2.45, 2.75) is 4.90 Å². The number of carbonyl (C=O) groups is 1. The number of hydrogen-bond acceptors (Lipinski definition) is 4. The van der Waals surface area contributed by atoms with Gasteiger partial charge in [0.05, 0.1) is 18.0 Å². The Kier molecular flexibility index (Phi) is 6.69. The SMILES string of the molecule is CN(CCOc1ccccc1F)C(=O)CN(C)S(=O)(=O)c1ccc2ccccc2c1. The minimum atomic E-state index is -3.82. The van der Waals surface area contributed by atoms with Gasteiger partial charge in [0.25, 0.3) is 0 Å². The summed E-state index contributed by atoms with van der Waals surface area (Å²) in [6.07, 6.45) is 0. The highest BCUT2D eigenvalue weighted by Crippen LogP contribution is 2.21. The van der Waals surface area contributed by atoms with Crippen LogP contribution in [0.2, 0.25) is 0 Å². The lowest BCUT2D eigenvalue weighted by atomic mass is 10.1. The minimum Gasteiger partial charge on any atom is -0.489 e. The van der Waals surface area contributed by atoms with Gasteiger partial charge >= 0.3 is 0 Å². The second-order valence-electron chi connectivity index (χ2n) is 6.86. The fraction of sp³-hybridized carbons (Fsp3) is 0.227. The van der Waals surface area contributed by atoms with Crippen LogP contribution < -0.4 is 4.74 Å². The molecular formula is C22H23FN2O4S. The highest BCUT2D eigenvalue weighted by atomic mass is 32.2. The van der Waals surface area contributed by atoms with E-state index in [4.69, 9.17) is 4.74 Å². The second kappa shape index (κ2) is 9.23. The van der Waals surface area contributed by atoms with Crippen molar-refractivity contribution in [1.82, 2.24) is 9.21 Å². The molecule has 158 valence electrons. The van der Waals surface area contributed by atoms with Crippen molar-refractivity contribution < 1.29 is 22.3 Å². The molecule has 0 aromatic heterocycles. The van der Waals surface area contributed by atoms with Crippen molar-refractivity contribution in [2.75, 3.05) is 33.8 Å². The summed E-state index contributed by atoms with van der Waals surface area (Å²) < 4.78 is 45.6. The number of ether oxygens (including phenoxy) is 1. The van der Waals surface area contributed by atoms with Crippen LogP contribution in [0.1, 0.15) is 0 Å². The van der Waals surface area contributed by atoms with Crippen LogP contribution in [0.25, 0.3) is 10.8 Å². The number of para-hydroxylation sites is 1. The molecular weight excluding hydrogens is 407 g/mol. The monoisotopic (exact) mass is 430 g/mol. The largest absolute Gasteiger partial charge is 0.489 e. The highest BCUT2D eigenvalue weighted by molar-refractivity contribution is 7.89. The summed E-state index contributed by atoms with van der Waals surface area (Å²) in [7, 11) is -0.911. The first kappa shape index (κ1) is 21.7. The molecule has 0 radical (unpaired) electrons. The molecule has 0 heterocycles. The predicted octanol–water partition coefficient (Wildman–Crippen LogP) is 3.14. The maximum atomic E-state index is 13.6. The van der Waals surface area contributed by atoms with E-state index in [-0.39, 0.29) is 36.2 Å². The Labute approximate surface area is 175 Å². The summed E-state index contributed by atoms with van der Waals surface area (Å²) in [6.45, 7) is -0.0350. The molecule has 0 spiro atoms. The van der Waals surface area contributed by atoms with Gasteiger partial charge in [-0.1, -0.05) is 42.5 Å². The molecule has 0 atom stereocenters. The third-order valence-electron chi connectivity index (χ3n) is 4.73. The molecule has 0 fully saturated rings. The van der Waals surface area contributed by atoms with Crippen LogP contribution in [0.4, 0.5) is 4.39 Å². The van der Waals surface area contributed by atoms with Crippen LogP contribution in [0.15, 0.2) is 71.6 Å². The molecule has 0 saturated carbocycles. The zero-order valence-corrected chi connectivity index (χ0v) is 17.6. The zero-order chi connectivity index (χ0) is 21.7. The van der Waals surface area contributed by atoms with Gasteiger partial charge in [0.2, 0.25) is 15.9 Å². The van der Waals surface area contributed by atoms with Gasteiger partial charge in [0.1, 0.15) is 6.61 Å². The maximum absolute atomic E-state index is 13.6. The quantitative estimate of drug-likeness (QED) is 0.551. The number of benzene rings is 3. The molecule has 8 heteroatoms. The van der Waals surface area contributed by atoms with Crippen LogP contribution in [0, 0.1) is 5.82 Å². The summed E-state index contributed by atoms with van der Waals surface area (Å²) in [4.78, 5) is 13.9. The Morgan fingerprint density at radius 2 is 1.63 bits per heavy atom. The third-order valence-corrected chi connectivity index (χ3v) is 6.53. The van der Waals surface area contributed by atoms with Crippen molar-refractivity contribution in [2.24, 2.45) is 0 Å². The number of halogens is 1. The Morgan fingerprint density at radius 3 is 2.37 bits per heavy atom. The van der Waals surface area contributed by atoms with E-state index in [1.54, 1.807) is 31.3 Å². The molecule has 6 nitrogen and oxygen atoms in total. The smallest absolute Gasteiger partial charge is 0.243 e. The second-order valence-corrected chi connectivity index (χ2v) is 8.91. The summed E-state index contributed by atoms with van der Waals surface area (Å²) in [5, 5.41) is 1.74. The number of amides is 1. The molecule has 0 aliphatic carbocycles. The summed E-state index contributed by atoms with van der Waals surface area (Å²) in [5.74, 6) is -0.763. The highest BCUT2D eigenvalue weighted by Gasteiger charge is 2.24. The van der Waals surface area contributed by atoms with Crippen LogP contribution in [-0.4, -0.2) is 57.3 Å². The van der Waals surface area contributed by atoms with E-state index in [2.05, 4.69) is 0 Å². The Bertz CT molecular complexity index is 1150. The molecule has 0 N–H and O–H groups in total. The lowest BCUT2D eigenvalue weighted by Gasteiger charge is -2.22. The topological polar surface area (TPSA) is 66.9 Å². The Morgan fingerprint density at radius 1 is 0.967 bits per heavy atom. The number of hydrogen-bond donors (Lipinski definition) is 0. The lowest BCUT2D eigenvalue weighted by Crippen LogP contribution is -2.40. The van der Waals surface area contributed by atoms with Crippen molar-refractivity contribution in [3.63, 3.8) is 0 Å². The van der Waals surface area contributed by atoms with E-state index in [0.29, 0.717) is 0 Å². The van der Waals surface area contributed by atoms with E-state index >= 15 is 0 Å². The molecule has 0 aliphatic heterocycles. The zero-order valence-electron chi connectivity index (χ0n) is 16.8. The van der Waals surface area contributed by atoms with Gasteiger partial charge in [-0.05, 0) is 35.0 Å². The number of rotatable bonds is 8. The molecule has 0 unspecified atom stereocenters. The van der Waals surface area contributed by atoms with Gasteiger partial charge in [-0.25, -0.2) is 12.8 Å². The van der Waals surface area contributed by atoms with Crippen molar-refractivity contribution >= 4 is 26.7 Å². The average Bonchev–Trinajstić information content (AvgIpc) is 2.74. The molecule has 0 aliphatic rings. The van der Waals surface area contributed by atoms with E-state index in [1.165, 1.54) is 30.1 Å². The van der Waals surface area contributed by atoms with E-state index < -0.39 is 15.8 Å². The standard InChI is InChI=1S/C22H23FN2O4S/c1-24(13-14-29-21-10-6-5-9-20(21)23)22(26)16-25(2)30(27,28)19-12-11-17-7-3-4-8-18(17)15-19/h3-12,15H,13-14,16H2,1-2H3. The van der Waals surface area contributed by atoms with Gasteiger partial charge < -0.3 is 9.64 Å². The fourth-order valence-electron chi connectivity index (χ4n) is 2.88. The van der Waals surface area contributed by atoms with Gasteiger partial charge in [-0.3, -0.25) is 4.79 Å². The first-order valence-corrected chi connectivity index (χ1v) is 10.8. The summed E-state index contributed by atoms with van der Waals surface area (Å²) in [5.41, 5.74) is 0. The first-order valence-electron chi connectivity index (χ1n) is 9.35. The van der Waals surface area contributed by atoms with Gasteiger partial charge in [-0.15, -0.1) is 0 Å². The van der Waals surface area contributed by atoms with E-state index in [9.17, 15) is 17.6 Å². The summed E-state index contributed by atoms with van der Waals surface area (Å²) in [6, 6.07) is 18.3. The summed E-state index contributed by atoms with van der Waals surface area (Å²) >= 11 is 0. The number of carbonyl (C=O) groups excluding carboxylic acids is 1. The molecule has 3 aromatic rings. The number of sulfonamides is 1. The van der Waals surface area contributed by atoms with Crippen molar-refractivity contribution in [1.29, 1.82) is 0 Å². The van der Waals surface area contributed by atoms with Gasteiger partial charge in [0.15, 0.2) is 11.6 Å². The molecule has 30 heavy (non-hydrogen) atoms. The van der Waals surface area contributed by atoms with Crippen molar-refractivity contribution in [3.8, 4) is 5.75 Å². The van der Waals surface area contributed by atoms with Crippen LogP contribution in [0.5, 0.6) is 5.75 Å². The Balaban J connectivity index is 1.59. The van der Waals surface area contributed by atoms with Crippen LogP contribution in [0.3, 0.4) is 0 Å². The minimum absolute atomic E-state index is 0.0876. The van der Waals surface area contributed by atoms with Crippen molar-refractivity contribution in [3.05, 3.63) is 72.5 Å². The number of nitrogens with zero attached hydrogens (tertiary/aromatic N) is 2. The number of likely N-dealkylation sites (N-methyl/N-ethyl adjacent to an activating group) is 2. The van der Waals surface area contributed by atoms with Gasteiger partial charge in [0, 0.05) is 14.1 Å². The number of fused-ring (bicyclic) bond motifs is 1. The molecule has 1 amide bonds. The van der Waals surface area contributed by atoms with Gasteiger partial charge in [-0.2, -0.15) is 4.31 Å². The average molecular weight is 431 g/mol. The van der Waals surface area contributed by atoms with Crippen LogP contribution >= 0.6 is 0 Å². The fourth-order valence-corrected chi connectivity index (χ4v) is 4.04. The molecule has 3 rings (SSSR count). The molecule has 0 saturated heterocycles. The predicted molar refractivity (Wildman–Crippen MR) is 113 cm³/mol.